The minimum absolute atomic E-state index is 0.116. The van der Waals surface area contributed by atoms with E-state index in [4.69, 9.17) is 12.7 Å². The van der Waals surface area contributed by atoms with Crippen LogP contribution in [0.3, 0.4) is 0 Å². The lowest BCUT2D eigenvalue weighted by Gasteiger charge is -2.34. The van der Waals surface area contributed by atoms with Gasteiger partial charge in [-0.25, -0.2) is 9.97 Å². The Balaban J connectivity index is 1.11. The Morgan fingerprint density at radius 2 is 0.814 bits per heavy atom. The summed E-state index contributed by atoms with van der Waals surface area (Å²) in [5.74, 6) is 0.427. The maximum absolute atomic E-state index is 9.25. The molecular weight excluding hydrogens is 713 g/mol. The van der Waals surface area contributed by atoms with Crippen molar-refractivity contribution in [1.82, 2.24) is 9.97 Å². The fourth-order valence-corrected chi connectivity index (χ4v) is 9.01. The minimum atomic E-state index is -0.532. The van der Waals surface area contributed by atoms with E-state index in [1.165, 1.54) is 33.4 Å². The van der Waals surface area contributed by atoms with Gasteiger partial charge in [-0.15, -0.1) is 0 Å². The van der Waals surface area contributed by atoms with Gasteiger partial charge < -0.3 is 0 Å². The van der Waals surface area contributed by atoms with Gasteiger partial charge in [-0.3, -0.25) is 0 Å². The first kappa shape index (κ1) is 30.5. The molecule has 1 aliphatic rings. The summed E-state index contributed by atoms with van der Waals surface area (Å²) in [4.78, 5) is 10.1. The SMILES string of the molecule is [2H]c1c([2H])c(-c2cc(-c3ccc(-c4ccc5c(c4)C(c4ccccc4)(c4ccccc4)c4ccccc4-5)c4ccccc34)nc(-c3ccccc3)n2)c([2H])c([2H])c1-c1ccccc1. The summed E-state index contributed by atoms with van der Waals surface area (Å²) in [6.45, 7) is 0. The second kappa shape index (κ2) is 14.4. The van der Waals surface area contributed by atoms with Crippen LogP contribution in [-0.4, -0.2) is 9.97 Å². The molecule has 0 bridgehead atoms. The molecule has 0 fully saturated rings. The van der Waals surface area contributed by atoms with Crippen molar-refractivity contribution in [3.63, 3.8) is 0 Å². The molecule has 0 saturated heterocycles. The Morgan fingerprint density at radius 1 is 0.322 bits per heavy atom. The standard InChI is InChI=1S/C57H38N2/c1-5-17-39(18-6-1)40-29-31-41(32-30-40)54-38-55(59-56(58-54)42-19-7-2-8-20-42)51-36-35-46(47-25-13-14-26-48(47)51)43-33-34-50-49-27-15-16-28-52(49)57(53(50)37-43,44-21-9-3-10-22-44)45-23-11-4-12-24-45/h1-38H/i29D,30D,31D,32D. The molecule has 276 valence electrons. The van der Waals surface area contributed by atoms with Crippen molar-refractivity contribution in [2.75, 3.05) is 0 Å². The Morgan fingerprint density at radius 3 is 1.49 bits per heavy atom. The van der Waals surface area contributed by atoms with E-state index >= 15 is 0 Å². The van der Waals surface area contributed by atoms with E-state index in [9.17, 15) is 2.74 Å². The number of hydrogen-bond acceptors (Lipinski definition) is 2. The topological polar surface area (TPSA) is 25.8 Å². The van der Waals surface area contributed by atoms with E-state index in [1.807, 2.05) is 54.6 Å². The van der Waals surface area contributed by atoms with Gasteiger partial charge in [0.25, 0.3) is 0 Å². The lowest BCUT2D eigenvalue weighted by molar-refractivity contribution is 0.769. The number of rotatable bonds is 7. The molecule has 1 aromatic heterocycles. The van der Waals surface area contributed by atoms with E-state index in [0.29, 0.717) is 22.8 Å². The van der Waals surface area contributed by atoms with Crippen LogP contribution in [0.2, 0.25) is 0 Å². The second-order valence-corrected chi connectivity index (χ2v) is 14.9. The predicted molar refractivity (Wildman–Crippen MR) is 244 cm³/mol. The summed E-state index contributed by atoms with van der Waals surface area (Å²) >= 11 is 0. The van der Waals surface area contributed by atoms with Crippen LogP contribution in [0.25, 0.3) is 78.1 Å². The maximum atomic E-state index is 9.25. The van der Waals surface area contributed by atoms with Gasteiger partial charge in [0.2, 0.25) is 0 Å². The third-order valence-corrected chi connectivity index (χ3v) is 11.7. The number of fused-ring (bicyclic) bond motifs is 4. The molecular formula is C57H38N2. The van der Waals surface area contributed by atoms with Gasteiger partial charge in [0.1, 0.15) is 0 Å². The number of hydrogen-bond donors (Lipinski definition) is 0. The van der Waals surface area contributed by atoms with Crippen molar-refractivity contribution in [2.45, 2.75) is 5.41 Å². The van der Waals surface area contributed by atoms with E-state index in [2.05, 4.69) is 133 Å². The van der Waals surface area contributed by atoms with Gasteiger partial charge in [-0.05, 0) is 78.5 Å². The largest absolute Gasteiger partial charge is 0.228 e. The van der Waals surface area contributed by atoms with Crippen molar-refractivity contribution < 1.29 is 5.48 Å². The summed E-state index contributed by atoms with van der Waals surface area (Å²) in [5.41, 5.74) is 12.6. The quantitative estimate of drug-likeness (QED) is 0.162. The van der Waals surface area contributed by atoms with Crippen LogP contribution >= 0.6 is 0 Å². The van der Waals surface area contributed by atoms with Crippen LogP contribution in [0, 0.1) is 0 Å². The van der Waals surface area contributed by atoms with Gasteiger partial charge in [-0.2, -0.15) is 0 Å². The highest BCUT2D eigenvalue weighted by atomic mass is 14.9. The maximum Gasteiger partial charge on any atom is 0.160 e. The highest BCUT2D eigenvalue weighted by Crippen LogP contribution is 2.57. The zero-order valence-electron chi connectivity index (χ0n) is 36.0. The second-order valence-electron chi connectivity index (χ2n) is 14.9. The lowest BCUT2D eigenvalue weighted by Crippen LogP contribution is -2.28. The van der Waals surface area contributed by atoms with Crippen LogP contribution in [0.5, 0.6) is 0 Å². The van der Waals surface area contributed by atoms with E-state index < -0.39 is 5.41 Å². The summed E-state index contributed by atoms with van der Waals surface area (Å²) in [6, 6.07) is 70.1. The van der Waals surface area contributed by atoms with Crippen molar-refractivity contribution in [2.24, 2.45) is 0 Å². The van der Waals surface area contributed by atoms with Gasteiger partial charge in [-0.1, -0.05) is 218 Å². The zero-order chi connectivity index (χ0) is 42.7. The molecule has 0 amide bonds. The van der Waals surface area contributed by atoms with E-state index in [-0.39, 0.29) is 35.3 Å². The lowest BCUT2D eigenvalue weighted by atomic mass is 9.67. The Hall–Kier alpha value is -7.68. The Kier molecular flexibility index (Phi) is 7.41. The third-order valence-electron chi connectivity index (χ3n) is 11.7. The predicted octanol–water partition coefficient (Wildman–Crippen LogP) is 14.3. The zero-order valence-corrected chi connectivity index (χ0v) is 32.0. The van der Waals surface area contributed by atoms with E-state index in [1.54, 1.807) is 18.2 Å². The van der Waals surface area contributed by atoms with Crippen molar-refractivity contribution >= 4 is 10.8 Å². The molecule has 2 nitrogen and oxygen atoms in total. The van der Waals surface area contributed by atoms with Gasteiger partial charge >= 0.3 is 0 Å². The number of benzene rings is 9. The first-order chi connectivity index (χ1) is 30.9. The monoisotopic (exact) mass is 754 g/mol. The molecule has 0 unspecified atom stereocenters. The number of aromatic nitrogens is 2. The van der Waals surface area contributed by atoms with Gasteiger partial charge in [0.15, 0.2) is 5.82 Å². The highest BCUT2D eigenvalue weighted by molar-refractivity contribution is 6.05. The molecule has 9 aromatic carbocycles. The van der Waals surface area contributed by atoms with Crippen LogP contribution in [0.4, 0.5) is 0 Å². The molecule has 0 saturated carbocycles. The summed E-state index contributed by atoms with van der Waals surface area (Å²) in [5, 5.41) is 2.03. The normalized spacial score (nSPS) is 13.5. The number of nitrogens with zero attached hydrogens (tertiary/aromatic N) is 2. The fourth-order valence-electron chi connectivity index (χ4n) is 9.01. The molecule has 2 heteroatoms. The van der Waals surface area contributed by atoms with Crippen molar-refractivity contribution in [1.29, 1.82) is 0 Å². The molecule has 0 atom stereocenters. The fraction of sp³-hybridized carbons (Fsp3) is 0.0175. The summed E-state index contributed by atoms with van der Waals surface area (Å²) < 4.78 is 36.7. The summed E-state index contributed by atoms with van der Waals surface area (Å²) in [7, 11) is 0. The van der Waals surface area contributed by atoms with E-state index in [0.717, 1.165) is 33.0 Å². The average molecular weight is 755 g/mol. The molecule has 59 heavy (non-hydrogen) atoms. The molecule has 11 rings (SSSR count). The Labute approximate surface area is 350 Å². The van der Waals surface area contributed by atoms with Gasteiger partial charge in [0.05, 0.1) is 22.3 Å². The van der Waals surface area contributed by atoms with Crippen LogP contribution in [-0.2, 0) is 5.41 Å². The Bertz CT molecular complexity index is 3300. The van der Waals surface area contributed by atoms with Crippen LogP contribution in [0.1, 0.15) is 27.7 Å². The van der Waals surface area contributed by atoms with Crippen LogP contribution in [0.15, 0.2) is 230 Å². The first-order valence-electron chi connectivity index (χ1n) is 21.9. The highest BCUT2D eigenvalue weighted by Gasteiger charge is 2.46. The molecule has 1 heterocycles. The molecule has 0 aliphatic heterocycles. The smallest absolute Gasteiger partial charge is 0.160 e. The first-order valence-corrected chi connectivity index (χ1v) is 19.9. The molecule has 0 spiro atoms. The average Bonchev–Trinajstić information content (AvgIpc) is 3.64. The molecule has 0 radical (unpaired) electrons. The summed E-state index contributed by atoms with van der Waals surface area (Å²) in [6.07, 6.45) is 0. The molecule has 10 aromatic rings. The molecule has 0 N–H and O–H groups in total. The molecule has 1 aliphatic carbocycles. The van der Waals surface area contributed by atoms with Crippen molar-refractivity contribution in [3.05, 3.63) is 253 Å². The van der Waals surface area contributed by atoms with Gasteiger partial charge in [0, 0.05) is 16.7 Å². The van der Waals surface area contributed by atoms with Crippen LogP contribution < -0.4 is 0 Å². The minimum Gasteiger partial charge on any atom is -0.228 e. The third kappa shape index (κ3) is 5.80. The van der Waals surface area contributed by atoms with Crippen molar-refractivity contribution in [3.8, 4) is 67.3 Å².